The van der Waals surface area contributed by atoms with Crippen molar-refractivity contribution in [3.05, 3.63) is 53.9 Å². The van der Waals surface area contributed by atoms with Crippen LogP contribution in [-0.2, 0) is 9.47 Å². The number of nitrogens with zero attached hydrogens (tertiary/aromatic N) is 5. The van der Waals surface area contributed by atoms with Crippen molar-refractivity contribution in [3.8, 4) is 11.1 Å². The van der Waals surface area contributed by atoms with Gasteiger partial charge in [-0.3, -0.25) is 0 Å². The van der Waals surface area contributed by atoms with Crippen LogP contribution in [0, 0.1) is 0 Å². The molecule has 2 aromatic rings. The largest absolute Gasteiger partial charge is 0.447 e. The number of piperidine rings is 1. The molecule has 4 rings (SSSR count). The van der Waals surface area contributed by atoms with Crippen LogP contribution in [-0.4, -0.2) is 97.8 Å². The van der Waals surface area contributed by atoms with E-state index in [1.165, 1.54) is 37.1 Å². The predicted molar refractivity (Wildman–Crippen MR) is 154 cm³/mol. The number of hydrogen-bond acceptors (Lipinski definition) is 6. The average molecular weight is 522 g/mol. The smallest absolute Gasteiger partial charge is 0.409 e. The van der Waals surface area contributed by atoms with Gasteiger partial charge >= 0.3 is 6.09 Å². The molecule has 0 radical (unpaired) electrons. The van der Waals surface area contributed by atoms with Gasteiger partial charge < -0.3 is 24.2 Å². The van der Waals surface area contributed by atoms with Crippen LogP contribution in [0.15, 0.2) is 47.7 Å². The lowest BCUT2D eigenvalue weighted by molar-refractivity contribution is 0.0623. The molecular weight excluding hydrogens is 478 g/mol. The number of rotatable bonds is 9. The highest BCUT2D eigenvalue weighted by Crippen LogP contribution is 2.32. The van der Waals surface area contributed by atoms with E-state index in [4.69, 9.17) is 9.47 Å². The van der Waals surface area contributed by atoms with E-state index in [9.17, 15) is 4.79 Å². The van der Waals surface area contributed by atoms with Crippen molar-refractivity contribution in [1.29, 1.82) is 0 Å². The lowest BCUT2D eigenvalue weighted by atomic mass is 9.88. The number of aromatic nitrogens is 1. The number of hydrogen-bond donors (Lipinski definition) is 0. The summed E-state index contributed by atoms with van der Waals surface area (Å²) in [6, 6.07) is 11.9. The van der Waals surface area contributed by atoms with Gasteiger partial charge in [0.1, 0.15) is 6.61 Å². The minimum Gasteiger partial charge on any atom is -0.447 e. The topological polar surface area (TPSA) is 62.5 Å². The number of amides is 1. The Bertz CT molecular complexity index is 1090. The third-order valence-corrected chi connectivity index (χ3v) is 7.86. The summed E-state index contributed by atoms with van der Waals surface area (Å²) >= 11 is 0. The summed E-state index contributed by atoms with van der Waals surface area (Å²) in [5, 5.41) is 4.28. The number of ether oxygens (including phenoxy) is 2. The first-order valence-corrected chi connectivity index (χ1v) is 13.8. The molecule has 0 unspecified atom stereocenters. The summed E-state index contributed by atoms with van der Waals surface area (Å²) in [6.07, 6.45) is 6.32. The van der Waals surface area contributed by atoms with Gasteiger partial charge in [0.25, 0.3) is 0 Å². The van der Waals surface area contributed by atoms with Crippen molar-refractivity contribution in [2.75, 3.05) is 59.6 Å². The zero-order valence-corrected chi connectivity index (χ0v) is 23.4. The molecule has 38 heavy (non-hydrogen) atoms. The number of benzene rings is 1. The maximum Gasteiger partial charge on any atom is 0.409 e. The Kier molecular flexibility index (Phi) is 9.63. The van der Waals surface area contributed by atoms with Gasteiger partial charge in [-0.25, -0.2) is 9.47 Å². The second-order valence-corrected chi connectivity index (χ2v) is 10.4. The fraction of sp³-hybridized carbons (Fsp3) is 0.533. The quantitative estimate of drug-likeness (QED) is 0.345. The lowest BCUT2D eigenvalue weighted by Crippen LogP contribution is -2.48. The maximum atomic E-state index is 12.3. The van der Waals surface area contributed by atoms with Crippen LogP contribution in [0.25, 0.3) is 16.8 Å². The molecule has 1 aromatic heterocycles. The van der Waals surface area contributed by atoms with E-state index < -0.39 is 0 Å². The second kappa shape index (κ2) is 13.1. The van der Waals surface area contributed by atoms with Crippen LogP contribution in [0.2, 0.25) is 0 Å². The van der Waals surface area contributed by atoms with E-state index in [1.54, 1.807) is 12.0 Å². The number of allylic oxidation sites excluding steroid dienone is 1. The molecule has 8 heteroatoms. The molecule has 0 aliphatic carbocycles. The Labute approximate surface area is 227 Å². The van der Waals surface area contributed by atoms with E-state index in [0.29, 0.717) is 31.7 Å². The number of piperazine rings is 1. The van der Waals surface area contributed by atoms with Gasteiger partial charge in [-0.05, 0) is 69.8 Å². The van der Waals surface area contributed by atoms with Crippen LogP contribution in [0.5, 0.6) is 0 Å². The molecule has 206 valence electrons. The fourth-order valence-electron chi connectivity index (χ4n) is 5.54. The third-order valence-electron chi connectivity index (χ3n) is 7.86. The fourth-order valence-corrected chi connectivity index (χ4v) is 5.54. The zero-order chi connectivity index (χ0) is 27.1. The van der Waals surface area contributed by atoms with Crippen LogP contribution in [0.3, 0.4) is 0 Å². The summed E-state index contributed by atoms with van der Waals surface area (Å²) in [6.45, 7) is 16.1. The molecular formula is C30H43N5O3. The van der Waals surface area contributed by atoms with Crippen molar-refractivity contribution >= 4 is 18.5 Å². The predicted octanol–water partition coefficient (Wildman–Crippen LogP) is 4.97. The Hall–Kier alpha value is -3.10. The summed E-state index contributed by atoms with van der Waals surface area (Å²) < 4.78 is 12.1. The molecule has 8 nitrogen and oxygen atoms in total. The Morgan fingerprint density at radius 1 is 1.03 bits per heavy atom. The Morgan fingerprint density at radius 2 is 1.68 bits per heavy atom. The van der Waals surface area contributed by atoms with Crippen LogP contribution in [0.1, 0.15) is 50.8 Å². The molecule has 0 N–H and O–H groups in total. The maximum absolute atomic E-state index is 12.3. The Balaban J connectivity index is 1.42. The minimum absolute atomic E-state index is 0.273. The molecule has 1 amide bonds. The van der Waals surface area contributed by atoms with Crippen molar-refractivity contribution < 1.29 is 14.3 Å². The number of methoxy groups -OCH3 is 1. The van der Waals surface area contributed by atoms with Gasteiger partial charge in [0.2, 0.25) is 0 Å². The van der Waals surface area contributed by atoms with Gasteiger partial charge in [-0.1, -0.05) is 30.3 Å². The number of carbonyl (C=O) groups excluding carboxylic acids is 1. The SMILES string of the molecule is C=Nn1cc(-c2ccc(C3CCN(C(C)C)CC3)cc2)cc1/C(=C\C)N1CCN(C(=O)OCCOC)CC1. The third kappa shape index (κ3) is 6.48. The van der Waals surface area contributed by atoms with E-state index in [0.717, 1.165) is 30.0 Å². The molecule has 2 saturated heterocycles. The molecule has 0 bridgehead atoms. The summed E-state index contributed by atoms with van der Waals surface area (Å²) in [5.41, 5.74) is 5.82. The van der Waals surface area contributed by atoms with Gasteiger partial charge in [0.15, 0.2) is 0 Å². The molecule has 2 fully saturated rings. The number of likely N-dealkylation sites (tertiary alicyclic amines) is 1. The van der Waals surface area contributed by atoms with Crippen LogP contribution < -0.4 is 0 Å². The second-order valence-electron chi connectivity index (χ2n) is 10.4. The monoisotopic (exact) mass is 521 g/mol. The molecule has 1 aromatic carbocycles. The molecule has 0 atom stereocenters. The van der Waals surface area contributed by atoms with Gasteiger partial charge in [-0.2, -0.15) is 5.10 Å². The van der Waals surface area contributed by atoms with Crippen molar-refractivity contribution in [3.63, 3.8) is 0 Å². The standard InChI is InChI=1S/C30H43N5O3/c1-6-28(33-15-17-34(18-16-33)30(36)38-20-19-37-5)29-21-27(22-35(29)31-4)25-9-7-24(8-10-25)26-11-13-32(14-12-26)23(2)3/h6-10,21-23,26H,4,11-20H2,1-3,5H3/b28-6+. The summed E-state index contributed by atoms with van der Waals surface area (Å²) in [4.78, 5) is 18.9. The minimum atomic E-state index is -0.281. The van der Waals surface area contributed by atoms with Crippen LogP contribution >= 0.6 is 0 Å². The van der Waals surface area contributed by atoms with E-state index >= 15 is 0 Å². The number of carbonyl (C=O) groups is 1. The van der Waals surface area contributed by atoms with E-state index in [1.807, 2.05) is 17.8 Å². The van der Waals surface area contributed by atoms with Crippen LogP contribution in [0.4, 0.5) is 4.79 Å². The molecule has 0 spiro atoms. The van der Waals surface area contributed by atoms with Gasteiger partial charge in [0.05, 0.1) is 18.0 Å². The first kappa shape index (κ1) is 27.9. The average Bonchev–Trinajstić information content (AvgIpc) is 3.38. The van der Waals surface area contributed by atoms with Gasteiger partial charge in [0, 0.05) is 57.8 Å². The van der Waals surface area contributed by atoms with E-state index in [2.05, 4.69) is 71.9 Å². The first-order valence-electron chi connectivity index (χ1n) is 13.8. The lowest BCUT2D eigenvalue weighted by Gasteiger charge is -2.36. The highest BCUT2D eigenvalue weighted by Gasteiger charge is 2.26. The summed E-state index contributed by atoms with van der Waals surface area (Å²) in [7, 11) is 1.59. The zero-order valence-electron chi connectivity index (χ0n) is 23.4. The highest BCUT2D eigenvalue weighted by molar-refractivity contribution is 5.72. The normalized spacial score (nSPS) is 17.8. The molecule has 0 saturated carbocycles. The molecule has 2 aliphatic heterocycles. The highest BCUT2D eigenvalue weighted by atomic mass is 16.6. The van der Waals surface area contributed by atoms with Crippen molar-refractivity contribution in [2.24, 2.45) is 5.10 Å². The van der Waals surface area contributed by atoms with E-state index in [-0.39, 0.29) is 12.7 Å². The molecule has 2 aliphatic rings. The van der Waals surface area contributed by atoms with Crippen molar-refractivity contribution in [2.45, 2.75) is 45.6 Å². The van der Waals surface area contributed by atoms with Crippen molar-refractivity contribution in [1.82, 2.24) is 19.4 Å². The van der Waals surface area contributed by atoms with Gasteiger partial charge in [-0.15, -0.1) is 0 Å². The summed E-state index contributed by atoms with van der Waals surface area (Å²) in [5.74, 6) is 0.639. The Morgan fingerprint density at radius 3 is 2.26 bits per heavy atom. The molecule has 3 heterocycles. The first-order chi connectivity index (χ1) is 18.4.